The van der Waals surface area contributed by atoms with Crippen molar-refractivity contribution in [2.75, 3.05) is 6.54 Å². The largest absolute Gasteiger partial charge is 0.312 e. The van der Waals surface area contributed by atoms with E-state index in [1.165, 1.54) is 0 Å². The summed E-state index contributed by atoms with van der Waals surface area (Å²) in [6.45, 7) is 9.84. The molecule has 0 aromatic heterocycles. The lowest BCUT2D eigenvalue weighted by atomic mass is 10.0. The van der Waals surface area contributed by atoms with Crippen molar-refractivity contribution in [2.45, 2.75) is 46.1 Å². The minimum atomic E-state index is 0.227. The fourth-order valence-electron chi connectivity index (χ4n) is 0.912. The Morgan fingerprint density at radius 3 is 2.42 bits per heavy atom. The Labute approximate surface area is 76.9 Å². The summed E-state index contributed by atoms with van der Waals surface area (Å²) in [5.41, 5.74) is 0.227. The zero-order chi connectivity index (χ0) is 9.61. The first-order chi connectivity index (χ1) is 5.45. The summed E-state index contributed by atoms with van der Waals surface area (Å²) in [5.74, 6) is 3.35. The predicted molar refractivity (Wildman–Crippen MR) is 55.0 cm³/mol. The molecular formula is C11H21N. The minimum Gasteiger partial charge on any atom is -0.312 e. The molecule has 0 radical (unpaired) electrons. The van der Waals surface area contributed by atoms with E-state index in [9.17, 15) is 0 Å². The maximum absolute atomic E-state index is 5.19. The van der Waals surface area contributed by atoms with Crippen LogP contribution in [-0.2, 0) is 0 Å². The van der Waals surface area contributed by atoms with Crippen molar-refractivity contribution in [3.8, 4) is 12.3 Å². The van der Waals surface area contributed by atoms with Gasteiger partial charge in [-0.25, -0.2) is 0 Å². The Bertz CT molecular complexity index is 147. The van der Waals surface area contributed by atoms with E-state index in [0.29, 0.717) is 5.92 Å². The first kappa shape index (κ1) is 11.5. The standard InChI is InChI=1S/C11H21N/c1-6-7-8-10(2)9-12-11(3,4)5/h1,10,12H,7-9H2,2-5H3. The summed E-state index contributed by atoms with van der Waals surface area (Å²) in [4.78, 5) is 0. The van der Waals surface area contributed by atoms with Crippen molar-refractivity contribution in [3.05, 3.63) is 0 Å². The Morgan fingerprint density at radius 1 is 1.42 bits per heavy atom. The fourth-order valence-corrected chi connectivity index (χ4v) is 0.912. The van der Waals surface area contributed by atoms with E-state index in [1.54, 1.807) is 0 Å². The van der Waals surface area contributed by atoms with Crippen molar-refractivity contribution >= 4 is 0 Å². The summed E-state index contributed by atoms with van der Waals surface area (Å²) in [5, 5.41) is 3.46. The molecule has 0 amide bonds. The molecule has 1 unspecified atom stereocenters. The summed E-state index contributed by atoms with van der Waals surface area (Å²) >= 11 is 0. The topological polar surface area (TPSA) is 12.0 Å². The van der Waals surface area contributed by atoms with E-state index in [2.05, 4.69) is 38.9 Å². The molecule has 0 heterocycles. The maximum Gasteiger partial charge on any atom is 0.00966 e. The van der Waals surface area contributed by atoms with E-state index in [4.69, 9.17) is 6.42 Å². The molecule has 70 valence electrons. The second-order valence-electron chi connectivity index (χ2n) is 4.48. The van der Waals surface area contributed by atoms with E-state index < -0.39 is 0 Å². The third kappa shape index (κ3) is 7.63. The molecular weight excluding hydrogens is 146 g/mol. The van der Waals surface area contributed by atoms with Crippen LogP contribution in [0.3, 0.4) is 0 Å². The van der Waals surface area contributed by atoms with Crippen molar-refractivity contribution in [3.63, 3.8) is 0 Å². The van der Waals surface area contributed by atoms with E-state index >= 15 is 0 Å². The van der Waals surface area contributed by atoms with Crippen LogP contribution in [0.5, 0.6) is 0 Å². The number of hydrogen-bond donors (Lipinski definition) is 1. The smallest absolute Gasteiger partial charge is 0.00966 e. The van der Waals surface area contributed by atoms with Crippen molar-refractivity contribution in [1.29, 1.82) is 0 Å². The highest BCUT2D eigenvalue weighted by Gasteiger charge is 2.10. The first-order valence-electron chi connectivity index (χ1n) is 4.64. The highest BCUT2D eigenvalue weighted by atomic mass is 14.9. The summed E-state index contributed by atoms with van der Waals surface area (Å²) in [6.07, 6.45) is 7.21. The monoisotopic (exact) mass is 167 g/mol. The van der Waals surface area contributed by atoms with Gasteiger partial charge in [0.1, 0.15) is 0 Å². The molecule has 0 spiro atoms. The molecule has 1 N–H and O–H groups in total. The van der Waals surface area contributed by atoms with Gasteiger partial charge in [0.15, 0.2) is 0 Å². The van der Waals surface area contributed by atoms with Crippen LogP contribution in [0.2, 0.25) is 0 Å². The molecule has 0 rings (SSSR count). The third-order valence-electron chi connectivity index (χ3n) is 1.76. The van der Waals surface area contributed by atoms with Gasteiger partial charge in [0.25, 0.3) is 0 Å². The molecule has 0 fully saturated rings. The van der Waals surface area contributed by atoms with Crippen molar-refractivity contribution in [1.82, 2.24) is 5.32 Å². The second-order valence-corrected chi connectivity index (χ2v) is 4.48. The molecule has 0 aromatic carbocycles. The van der Waals surface area contributed by atoms with E-state index in [1.807, 2.05) is 0 Å². The Hall–Kier alpha value is -0.480. The molecule has 1 nitrogen and oxygen atoms in total. The van der Waals surface area contributed by atoms with Crippen LogP contribution < -0.4 is 5.32 Å². The van der Waals surface area contributed by atoms with Crippen LogP contribution in [0, 0.1) is 18.3 Å². The van der Waals surface area contributed by atoms with E-state index in [0.717, 1.165) is 19.4 Å². The van der Waals surface area contributed by atoms with Gasteiger partial charge < -0.3 is 5.32 Å². The van der Waals surface area contributed by atoms with Crippen LogP contribution in [0.25, 0.3) is 0 Å². The molecule has 0 aliphatic carbocycles. The number of nitrogens with one attached hydrogen (secondary N) is 1. The molecule has 12 heavy (non-hydrogen) atoms. The van der Waals surface area contributed by atoms with Gasteiger partial charge in [0.2, 0.25) is 0 Å². The third-order valence-corrected chi connectivity index (χ3v) is 1.76. The number of terminal acetylenes is 1. The van der Waals surface area contributed by atoms with Crippen molar-refractivity contribution in [2.24, 2.45) is 5.92 Å². The number of hydrogen-bond acceptors (Lipinski definition) is 1. The van der Waals surface area contributed by atoms with Crippen LogP contribution in [-0.4, -0.2) is 12.1 Å². The lowest BCUT2D eigenvalue weighted by Crippen LogP contribution is -2.38. The fraction of sp³-hybridized carbons (Fsp3) is 0.818. The van der Waals surface area contributed by atoms with E-state index in [-0.39, 0.29) is 5.54 Å². The van der Waals surface area contributed by atoms with Gasteiger partial charge in [0, 0.05) is 12.0 Å². The van der Waals surface area contributed by atoms with Gasteiger partial charge in [-0.3, -0.25) is 0 Å². The quantitative estimate of drug-likeness (QED) is 0.634. The lowest BCUT2D eigenvalue weighted by Gasteiger charge is -2.23. The SMILES string of the molecule is C#CCCC(C)CNC(C)(C)C. The zero-order valence-corrected chi connectivity index (χ0v) is 8.78. The average Bonchev–Trinajstić information content (AvgIpc) is 1.95. The van der Waals surface area contributed by atoms with Gasteiger partial charge in [-0.15, -0.1) is 12.3 Å². The molecule has 0 bridgehead atoms. The zero-order valence-electron chi connectivity index (χ0n) is 8.78. The van der Waals surface area contributed by atoms with Gasteiger partial charge in [0.05, 0.1) is 0 Å². The predicted octanol–water partition coefficient (Wildman–Crippen LogP) is 2.42. The lowest BCUT2D eigenvalue weighted by molar-refractivity contribution is 0.374. The Morgan fingerprint density at radius 2 is 2.00 bits per heavy atom. The molecule has 0 aromatic rings. The van der Waals surface area contributed by atoms with Gasteiger partial charge in [-0.2, -0.15) is 0 Å². The average molecular weight is 167 g/mol. The summed E-state index contributed by atoms with van der Waals surface area (Å²) in [7, 11) is 0. The highest BCUT2D eigenvalue weighted by Crippen LogP contribution is 2.06. The normalized spacial score (nSPS) is 13.9. The minimum absolute atomic E-state index is 0.227. The van der Waals surface area contributed by atoms with Gasteiger partial charge in [-0.1, -0.05) is 6.92 Å². The Kier molecular flexibility index (Phi) is 5.01. The van der Waals surface area contributed by atoms with Crippen LogP contribution >= 0.6 is 0 Å². The maximum atomic E-state index is 5.19. The molecule has 0 saturated heterocycles. The molecule has 0 saturated carbocycles. The van der Waals surface area contributed by atoms with Crippen molar-refractivity contribution < 1.29 is 0 Å². The number of rotatable bonds is 4. The summed E-state index contributed by atoms with van der Waals surface area (Å²) < 4.78 is 0. The van der Waals surface area contributed by atoms with Gasteiger partial charge >= 0.3 is 0 Å². The Balaban J connectivity index is 3.45. The second kappa shape index (κ2) is 5.22. The van der Waals surface area contributed by atoms with Crippen LogP contribution in [0.1, 0.15) is 40.5 Å². The van der Waals surface area contributed by atoms with Gasteiger partial charge in [-0.05, 0) is 39.7 Å². The molecule has 1 atom stereocenters. The van der Waals surface area contributed by atoms with Crippen LogP contribution in [0.15, 0.2) is 0 Å². The van der Waals surface area contributed by atoms with Crippen LogP contribution in [0.4, 0.5) is 0 Å². The molecule has 1 heteroatoms. The molecule has 0 aliphatic heterocycles. The summed E-state index contributed by atoms with van der Waals surface area (Å²) in [6, 6.07) is 0. The first-order valence-corrected chi connectivity index (χ1v) is 4.64. The highest BCUT2D eigenvalue weighted by molar-refractivity contribution is 4.84. The molecule has 0 aliphatic rings.